The van der Waals surface area contributed by atoms with Gasteiger partial charge in [0.2, 0.25) is 0 Å². The third-order valence-corrected chi connectivity index (χ3v) is 3.00. The van der Waals surface area contributed by atoms with Crippen LogP contribution in [0.5, 0.6) is 11.5 Å². The van der Waals surface area contributed by atoms with E-state index in [2.05, 4.69) is 0 Å². The van der Waals surface area contributed by atoms with Crippen LogP contribution in [0.15, 0.2) is 42.5 Å². The molecular formula is C15H15ClO3. The number of methoxy groups -OCH3 is 1. The van der Waals surface area contributed by atoms with E-state index in [4.69, 9.17) is 21.1 Å². The molecule has 2 rings (SSSR count). The maximum atomic E-state index is 9.23. The molecule has 1 N–H and O–H groups in total. The van der Waals surface area contributed by atoms with Crippen molar-refractivity contribution >= 4 is 11.6 Å². The number of aliphatic hydroxyl groups excluding tert-OH is 1. The molecule has 19 heavy (non-hydrogen) atoms. The second-order valence-corrected chi connectivity index (χ2v) is 4.45. The maximum absolute atomic E-state index is 9.23. The Morgan fingerprint density at radius 1 is 1.05 bits per heavy atom. The molecule has 2 aromatic carbocycles. The molecule has 0 amide bonds. The molecule has 0 heterocycles. The summed E-state index contributed by atoms with van der Waals surface area (Å²) in [5.74, 6) is 1.39. The van der Waals surface area contributed by atoms with Gasteiger partial charge < -0.3 is 14.6 Å². The van der Waals surface area contributed by atoms with Gasteiger partial charge in [-0.1, -0.05) is 29.8 Å². The Bertz CT molecular complexity index is 555. The summed E-state index contributed by atoms with van der Waals surface area (Å²) in [6, 6.07) is 12.8. The van der Waals surface area contributed by atoms with Crippen LogP contribution >= 0.6 is 11.6 Å². The topological polar surface area (TPSA) is 38.7 Å². The molecule has 0 fully saturated rings. The number of para-hydroxylation sites is 1. The summed E-state index contributed by atoms with van der Waals surface area (Å²) in [5, 5.41) is 9.87. The number of ether oxygens (including phenoxy) is 2. The summed E-state index contributed by atoms with van der Waals surface area (Å²) < 4.78 is 11.0. The molecule has 0 bridgehead atoms. The number of halogens is 1. The minimum Gasteiger partial charge on any atom is -0.496 e. The van der Waals surface area contributed by atoms with Crippen LogP contribution in [0.1, 0.15) is 11.1 Å². The third-order valence-electron chi connectivity index (χ3n) is 2.77. The molecule has 0 aromatic heterocycles. The Morgan fingerprint density at radius 3 is 2.58 bits per heavy atom. The van der Waals surface area contributed by atoms with Crippen LogP contribution in [-0.2, 0) is 13.2 Å². The minimum absolute atomic E-state index is 0.0527. The lowest BCUT2D eigenvalue weighted by molar-refractivity contribution is 0.257. The minimum atomic E-state index is -0.0527. The molecule has 0 aliphatic carbocycles. The van der Waals surface area contributed by atoms with Crippen molar-refractivity contribution in [3.63, 3.8) is 0 Å². The van der Waals surface area contributed by atoms with Crippen molar-refractivity contribution in [1.29, 1.82) is 0 Å². The fraction of sp³-hybridized carbons (Fsp3) is 0.200. The van der Waals surface area contributed by atoms with Crippen LogP contribution in [0.4, 0.5) is 0 Å². The number of hydrogen-bond donors (Lipinski definition) is 1. The summed E-state index contributed by atoms with van der Waals surface area (Å²) in [6.07, 6.45) is 0. The van der Waals surface area contributed by atoms with Gasteiger partial charge in [-0.25, -0.2) is 0 Å². The predicted octanol–water partition coefficient (Wildman–Crippen LogP) is 3.42. The zero-order chi connectivity index (χ0) is 13.7. The van der Waals surface area contributed by atoms with E-state index in [0.29, 0.717) is 17.4 Å². The normalized spacial score (nSPS) is 10.3. The van der Waals surface area contributed by atoms with E-state index < -0.39 is 0 Å². The van der Waals surface area contributed by atoms with Gasteiger partial charge in [-0.05, 0) is 24.3 Å². The smallest absolute Gasteiger partial charge is 0.125 e. The van der Waals surface area contributed by atoms with Crippen molar-refractivity contribution in [1.82, 2.24) is 0 Å². The van der Waals surface area contributed by atoms with Gasteiger partial charge in [0, 0.05) is 16.1 Å². The van der Waals surface area contributed by atoms with E-state index in [1.54, 1.807) is 19.2 Å². The highest BCUT2D eigenvalue weighted by atomic mass is 35.5. The van der Waals surface area contributed by atoms with Crippen LogP contribution in [0.3, 0.4) is 0 Å². The van der Waals surface area contributed by atoms with Gasteiger partial charge in [-0.3, -0.25) is 0 Å². The first-order chi connectivity index (χ1) is 9.24. The van der Waals surface area contributed by atoms with Gasteiger partial charge in [-0.2, -0.15) is 0 Å². The molecular weight excluding hydrogens is 264 g/mol. The Labute approximate surface area is 117 Å². The Balaban J connectivity index is 2.16. The lowest BCUT2D eigenvalue weighted by Crippen LogP contribution is -2.01. The zero-order valence-corrected chi connectivity index (χ0v) is 11.4. The fourth-order valence-electron chi connectivity index (χ4n) is 1.79. The SMILES string of the molecule is COc1ccc(Cl)cc1COc1ccccc1CO. The van der Waals surface area contributed by atoms with Gasteiger partial charge in [0.25, 0.3) is 0 Å². The fourth-order valence-corrected chi connectivity index (χ4v) is 1.99. The lowest BCUT2D eigenvalue weighted by Gasteiger charge is -2.12. The molecule has 0 spiro atoms. The quantitative estimate of drug-likeness (QED) is 0.911. The number of benzene rings is 2. The molecule has 0 radical (unpaired) electrons. The predicted molar refractivity (Wildman–Crippen MR) is 74.7 cm³/mol. The standard InChI is InChI=1S/C15H15ClO3/c1-18-14-7-6-13(16)8-12(14)10-19-15-5-3-2-4-11(15)9-17/h2-8,17H,9-10H2,1H3. The van der Waals surface area contributed by atoms with Crippen molar-refractivity contribution < 1.29 is 14.6 Å². The van der Waals surface area contributed by atoms with E-state index in [0.717, 1.165) is 16.9 Å². The van der Waals surface area contributed by atoms with Crippen molar-refractivity contribution in [2.24, 2.45) is 0 Å². The zero-order valence-electron chi connectivity index (χ0n) is 10.6. The van der Waals surface area contributed by atoms with E-state index in [1.807, 2.05) is 30.3 Å². The molecule has 0 atom stereocenters. The average molecular weight is 279 g/mol. The molecule has 4 heteroatoms. The molecule has 0 saturated carbocycles. The van der Waals surface area contributed by atoms with Gasteiger partial charge in [0.05, 0.1) is 13.7 Å². The lowest BCUT2D eigenvalue weighted by atomic mass is 10.2. The monoisotopic (exact) mass is 278 g/mol. The van der Waals surface area contributed by atoms with E-state index >= 15 is 0 Å². The summed E-state index contributed by atoms with van der Waals surface area (Å²) >= 11 is 5.96. The molecule has 0 aliphatic rings. The van der Waals surface area contributed by atoms with Crippen LogP contribution in [-0.4, -0.2) is 12.2 Å². The van der Waals surface area contributed by atoms with Gasteiger partial charge >= 0.3 is 0 Å². The molecule has 0 unspecified atom stereocenters. The van der Waals surface area contributed by atoms with Crippen molar-refractivity contribution in [3.8, 4) is 11.5 Å². The molecule has 100 valence electrons. The first-order valence-corrected chi connectivity index (χ1v) is 6.26. The Hall–Kier alpha value is -1.71. The molecule has 0 saturated heterocycles. The molecule has 0 aliphatic heterocycles. The average Bonchev–Trinajstić information content (AvgIpc) is 2.45. The Morgan fingerprint density at radius 2 is 1.84 bits per heavy atom. The number of aliphatic hydroxyl groups is 1. The van der Waals surface area contributed by atoms with Crippen LogP contribution in [0.25, 0.3) is 0 Å². The second-order valence-electron chi connectivity index (χ2n) is 4.01. The van der Waals surface area contributed by atoms with E-state index in [1.165, 1.54) is 0 Å². The van der Waals surface area contributed by atoms with Crippen molar-refractivity contribution in [2.45, 2.75) is 13.2 Å². The van der Waals surface area contributed by atoms with Crippen molar-refractivity contribution in [2.75, 3.05) is 7.11 Å². The van der Waals surface area contributed by atoms with Crippen LogP contribution in [0, 0.1) is 0 Å². The Kier molecular flexibility index (Phi) is 4.66. The summed E-state index contributed by atoms with van der Waals surface area (Å²) in [6.45, 7) is 0.281. The summed E-state index contributed by atoms with van der Waals surface area (Å²) in [5.41, 5.74) is 1.62. The summed E-state index contributed by atoms with van der Waals surface area (Å²) in [4.78, 5) is 0. The highest BCUT2D eigenvalue weighted by molar-refractivity contribution is 6.30. The number of hydrogen-bond acceptors (Lipinski definition) is 3. The second kappa shape index (κ2) is 6.45. The molecule has 2 aromatic rings. The number of rotatable bonds is 5. The highest BCUT2D eigenvalue weighted by Gasteiger charge is 2.07. The van der Waals surface area contributed by atoms with Gasteiger partial charge in [0.15, 0.2) is 0 Å². The largest absolute Gasteiger partial charge is 0.496 e. The first-order valence-electron chi connectivity index (χ1n) is 5.88. The van der Waals surface area contributed by atoms with Crippen LogP contribution < -0.4 is 9.47 Å². The van der Waals surface area contributed by atoms with E-state index in [9.17, 15) is 5.11 Å². The van der Waals surface area contributed by atoms with Crippen LogP contribution in [0.2, 0.25) is 5.02 Å². The summed E-state index contributed by atoms with van der Waals surface area (Å²) in [7, 11) is 1.61. The van der Waals surface area contributed by atoms with Gasteiger partial charge in [-0.15, -0.1) is 0 Å². The van der Waals surface area contributed by atoms with Crippen molar-refractivity contribution in [3.05, 3.63) is 58.6 Å². The van der Waals surface area contributed by atoms with Gasteiger partial charge in [0.1, 0.15) is 18.1 Å². The highest BCUT2D eigenvalue weighted by Crippen LogP contribution is 2.25. The maximum Gasteiger partial charge on any atom is 0.125 e. The first kappa shape index (κ1) is 13.7. The molecule has 3 nitrogen and oxygen atoms in total. The third kappa shape index (κ3) is 3.40. The van der Waals surface area contributed by atoms with E-state index in [-0.39, 0.29) is 6.61 Å².